The first-order valence-corrected chi connectivity index (χ1v) is 12.4. The van der Waals surface area contributed by atoms with E-state index in [9.17, 15) is 13.2 Å². The molecule has 8 nitrogen and oxygen atoms in total. The molecule has 1 heterocycles. The molecular weight excluding hydrogens is 456 g/mol. The van der Waals surface area contributed by atoms with Crippen molar-refractivity contribution in [3.63, 3.8) is 0 Å². The predicted octanol–water partition coefficient (Wildman–Crippen LogP) is 3.18. The summed E-state index contributed by atoms with van der Waals surface area (Å²) in [6.07, 6.45) is 3.15. The van der Waals surface area contributed by atoms with E-state index in [2.05, 4.69) is 0 Å². The lowest BCUT2D eigenvalue weighted by molar-refractivity contribution is -0.127. The van der Waals surface area contributed by atoms with Gasteiger partial charge in [-0.2, -0.15) is 4.31 Å². The van der Waals surface area contributed by atoms with Gasteiger partial charge in [-0.1, -0.05) is 17.7 Å². The second-order valence-electron chi connectivity index (χ2n) is 8.25. The summed E-state index contributed by atoms with van der Waals surface area (Å²) in [5.41, 5.74) is 3.23. The Hall–Kier alpha value is -3.04. The fourth-order valence-corrected chi connectivity index (χ4v) is 6.16. The highest BCUT2D eigenvalue weighted by Gasteiger charge is 2.31. The number of aryl methyl sites for hydroxylation is 3. The molecule has 1 saturated heterocycles. The van der Waals surface area contributed by atoms with Crippen LogP contribution < -0.4 is 14.2 Å². The van der Waals surface area contributed by atoms with Crippen LogP contribution >= 0.6 is 0 Å². The van der Waals surface area contributed by atoms with E-state index >= 15 is 0 Å². The molecule has 34 heavy (non-hydrogen) atoms. The highest BCUT2D eigenvalue weighted by molar-refractivity contribution is 7.89. The van der Waals surface area contributed by atoms with Crippen molar-refractivity contribution in [1.82, 2.24) is 9.21 Å². The van der Waals surface area contributed by atoms with Crippen LogP contribution in [0.5, 0.6) is 17.2 Å². The minimum absolute atomic E-state index is 0.187. The zero-order chi connectivity index (χ0) is 25.0. The molecule has 0 atom stereocenters. The molecular formula is C25H32N2O6S. The number of piperazine rings is 1. The maximum atomic E-state index is 13.3. The predicted molar refractivity (Wildman–Crippen MR) is 131 cm³/mol. The number of hydrogen-bond acceptors (Lipinski definition) is 6. The Morgan fingerprint density at radius 3 is 1.85 bits per heavy atom. The molecule has 0 saturated carbocycles. The summed E-state index contributed by atoms with van der Waals surface area (Å²) in [5, 5.41) is 0. The number of methoxy groups -OCH3 is 3. The van der Waals surface area contributed by atoms with Gasteiger partial charge in [-0.15, -0.1) is 0 Å². The third kappa shape index (κ3) is 5.20. The standard InChI is InChI=1S/C25H32N2O6S/c1-17-13-18(2)25(19(3)14-17)34(29,30)27-11-9-26(10-12-27)23(28)8-7-20-15-21(31-4)24(33-6)22(16-20)32-5/h7-8,13-16H,9-12H2,1-6H3/b8-7+. The molecule has 3 rings (SSSR count). The number of rotatable bonds is 7. The smallest absolute Gasteiger partial charge is 0.246 e. The normalized spacial score (nSPS) is 14.9. The van der Waals surface area contributed by atoms with Crippen LogP contribution in [-0.4, -0.2) is 71.0 Å². The lowest BCUT2D eigenvalue weighted by Crippen LogP contribution is -2.50. The van der Waals surface area contributed by atoms with Crippen molar-refractivity contribution in [2.75, 3.05) is 47.5 Å². The number of nitrogens with zero attached hydrogens (tertiary/aromatic N) is 2. The molecule has 2 aromatic rings. The fourth-order valence-electron chi connectivity index (χ4n) is 4.32. The molecule has 2 aromatic carbocycles. The van der Waals surface area contributed by atoms with Crippen LogP contribution in [0.25, 0.3) is 6.08 Å². The molecule has 0 spiro atoms. The van der Waals surface area contributed by atoms with Crippen molar-refractivity contribution in [2.24, 2.45) is 0 Å². The Morgan fingerprint density at radius 1 is 0.853 bits per heavy atom. The number of benzene rings is 2. The van der Waals surface area contributed by atoms with Crippen molar-refractivity contribution in [2.45, 2.75) is 25.7 Å². The highest BCUT2D eigenvalue weighted by atomic mass is 32.2. The van der Waals surface area contributed by atoms with E-state index in [1.165, 1.54) is 31.7 Å². The topological polar surface area (TPSA) is 85.4 Å². The monoisotopic (exact) mass is 488 g/mol. The minimum atomic E-state index is -3.63. The summed E-state index contributed by atoms with van der Waals surface area (Å²) in [5.74, 6) is 1.28. The van der Waals surface area contributed by atoms with E-state index in [0.29, 0.717) is 35.2 Å². The highest BCUT2D eigenvalue weighted by Crippen LogP contribution is 2.38. The lowest BCUT2D eigenvalue weighted by atomic mass is 10.1. The Bertz CT molecular complexity index is 1150. The Kier molecular flexibility index (Phi) is 7.89. The van der Waals surface area contributed by atoms with E-state index in [0.717, 1.165) is 22.3 Å². The molecule has 184 valence electrons. The van der Waals surface area contributed by atoms with E-state index in [4.69, 9.17) is 14.2 Å². The summed E-state index contributed by atoms with van der Waals surface area (Å²) >= 11 is 0. The van der Waals surface area contributed by atoms with Gasteiger partial charge in [-0.25, -0.2) is 8.42 Å². The second kappa shape index (κ2) is 10.5. The van der Waals surface area contributed by atoms with Crippen molar-refractivity contribution in [1.29, 1.82) is 0 Å². The van der Waals surface area contributed by atoms with Crippen LogP contribution in [0.3, 0.4) is 0 Å². The molecule has 0 aromatic heterocycles. The number of ether oxygens (including phenoxy) is 3. The van der Waals surface area contributed by atoms with E-state index in [1.54, 1.807) is 23.1 Å². The Balaban J connectivity index is 1.70. The molecule has 1 fully saturated rings. The van der Waals surface area contributed by atoms with Gasteiger partial charge in [-0.3, -0.25) is 4.79 Å². The van der Waals surface area contributed by atoms with Gasteiger partial charge in [0.1, 0.15) is 0 Å². The SMILES string of the molecule is COc1cc(/C=C/C(=O)N2CCN(S(=O)(=O)c3c(C)cc(C)cc3C)CC2)cc(OC)c1OC. The van der Waals surface area contributed by atoms with Gasteiger partial charge in [0.25, 0.3) is 0 Å². The summed E-state index contributed by atoms with van der Waals surface area (Å²) in [7, 11) is 0.961. The Morgan fingerprint density at radius 2 is 1.38 bits per heavy atom. The van der Waals surface area contributed by atoms with Crippen molar-refractivity contribution < 1.29 is 27.4 Å². The van der Waals surface area contributed by atoms with Crippen LogP contribution in [0.2, 0.25) is 0 Å². The average molecular weight is 489 g/mol. The molecule has 0 N–H and O–H groups in total. The third-order valence-corrected chi connectivity index (χ3v) is 8.06. The summed E-state index contributed by atoms with van der Waals surface area (Å²) in [4.78, 5) is 14.8. The number of carbonyl (C=O) groups is 1. The second-order valence-corrected chi connectivity index (χ2v) is 10.1. The van der Waals surface area contributed by atoms with E-state index < -0.39 is 10.0 Å². The van der Waals surface area contributed by atoms with Gasteiger partial charge in [0.15, 0.2) is 11.5 Å². The van der Waals surface area contributed by atoms with Crippen molar-refractivity contribution >= 4 is 22.0 Å². The van der Waals surface area contributed by atoms with Crippen LogP contribution in [0, 0.1) is 20.8 Å². The van der Waals surface area contributed by atoms with Crippen LogP contribution in [-0.2, 0) is 14.8 Å². The minimum Gasteiger partial charge on any atom is -0.493 e. The van der Waals surface area contributed by atoms with Gasteiger partial charge in [-0.05, 0) is 55.7 Å². The maximum Gasteiger partial charge on any atom is 0.246 e. The van der Waals surface area contributed by atoms with Gasteiger partial charge in [0.2, 0.25) is 21.7 Å². The average Bonchev–Trinajstić information content (AvgIpc) is 2.80. The van der Waals surface area contributed by atoms with Crippen LogP contribution in [0.1, 0.15) is 22.3 Å². The molecule has 0 unspecified atom stereocenters. The maximum absolute atomic E-state index is 13.3. The molecule has 0 bridgehead atoms. The molecule has 1 aliphatic rings. The summed E-state index contributed by atoms with van der Waals surface area (Å²) in [6, 6.07) is 7.27. The molecule has 1 aliphatic heterocycles. The fraction of sp³-hybridized carbons (Fsp3) is 0.400. The number of sulfonamides is 1. The lowest BCUT2D eigenvalue weighted by Gasteiger charge is -2.34. The number of carbonyl (C=O) groups excluding carboxylic acids is 1. The first-order valence-electron chi connectivity index (χ1n) is 11.0. The van der Waals surface area contributed by atoms with E-state index in [-0.39, 0.29) is 19.0 Å². The van der Waals surface area contributed by atoms with Gasteiger partial charge in [0, 0.05) is 32.3 Å². The van der Waals surface area contributed by atoms with Crippen LogP contribution in [0.4, 0.5) is 0 Å². The zero-order valence-corrected chi connectivity index (χ0v) is 21.4. The quantitative estimate of drug-likeness (QED) is 0.557. The van der Waals surface area contributed by atoms with Crippen molar-refractivity contribution in [3.8, 4) is 17.2 Å². The van der Waals surface area contributed by atoms with Gasteiger partial charge in [0.05, 0.1) is 26.2 Å². The van der Waals surface area contributed by atoms with Crippen LogP contribution in [0.15, 0.2) is 35.2 Å². The first kappa shape index (κ1) is 25.6. The molecule has 1 amide bonds. The van der Waals surface area contributed by atoms with Gasteiger partial charge < -0.3 is 19.1 Å². The molecule has 0 radical (unpaired) electrons. The third-order valence-electron chi connectivity index (χ3n) is 5.86. The largest absolute Gasteiger partial charge is 0.493 e. The van der Waals surface area contributed by atoms with Gasteiger partial charge >= 0.3 is 0 Å². The number of hydrogen-bond donors (Lipinski definition) is 0. The Labute approximate surface area is 201 Å². The molecule has 0 aliphatic carbocycles. The summed E-state index contributed by atoms with van der Waals surface area (Å²) < 4.78 is 44.0. The zero-order valence-electron chi connectivity index (χ0n) is 20.5. The first-order chi connectivity index (χ1) is 16.1. The molecule has 9 heteroatoms. The van der Waals surface area contributed by atoms with Crippen molar-refractivity contribution in [3.05, 3.63) is 52.6 Å². The number of amides is 1. The van der Waals surface area contributed by atoms with E-state index in [1.807, 2.05) is 32.9 Å². The summed E-state index contributed by atoms with van der Waals surface area (Å²) in [6.45, 7) is 6.73.